The number of ether oxygens (including phenoxy) is 2. The molecule has 0 bridgehead atoms. The predicted octanol–water partition coefficient (Wildman–Crippen LogP) is 2.16. The Kier molecular flexibility index (Phi) is 2.06. The number of fused-ring (bicyclic) bond motifs is 1. The Morgan fingerprint density at radius 2 is 2.07 bits per heavy atom. The summed E-state index contributed by atoms with van der Waals surface area (Å²) in [5.41, 5.74) is 0.144. The second-order valence-electron chi connectivity index (χ2n) is 2.92. The molecule has 15 heavy (non-hydrogen) atoms. The van der Waals surface area contributed by atoms with Crippen molar-refractivity contribution in [1.82, 2.24) is 0 Å². The molecule has 6 heteroatoms. The second kappa shape index (κ2) is 3.15. The van der Waals surface area contributed by atoms with Gasteiger partial charge in [-0.15, -0.1) is 0 Å². The lowest BCUT2D eigenvalue weighted by Crippen LogP contribution is -2.43. The molecule has 0 saturated heterocycles. The lowest BCUT2D eigenvalue weighted by molar-refractivity contribution is -0.281. The quantitative estimate of drug-likeness (QED) is 0.677. The minimum absolute atomic E-state index is 0.144. The first-order valence-electron chi connectivity index (χ1n) is 4.00. The van der Waals surface area contributed by atoms with E-state index in [1.54, 1.807) is 0 Å². The van der Waals surface area contributed by atoms with Gasteiger partial charge in [-0.1, -0.05) is 0 Å². The van der Waals surface area contributed by atoms with Crippen LogP contribution in [-0.2, 0) is 0 Å². The molecule has 1 heterocycles. The predicted molar refractivity (Wildman–Crippen MR) is 42.9 cm³/mol. The SMILES string of the molecule is O=Cc1ccc2c(c1)OC(F)(F)C(F)O2. The second-order valence-corrected chi connectivity index (χ2v) is 2.92. The number of benzene rings is 1. The van der Waals surface area contributed by atoms with E-state index in [4.69, 9.17) is 0 Å². The highest BCUT2D eigenvalue weighted by Crippen LogP contribution is 2.40. The minimum Gasteiger partial charge on any atom is -0.447 e. The molecule has 0 spiro atoms. The molecule has 0 aliphatic carbocycles. The third kappa shape index (κ3) is 1.62. The number of hydrogen-bond acceptors (Lipinski definition) is 3. The fourth-order valence-corrected chi connectivity index (χ4v) is 1.15. The van der Waals surface area contributed by atoms with E-state index < -0.39 is 12.5 Å². The van der Waals surface area contributed by atoms with Crippen LogP contribution >= 0.6 is 0 Å². The van der Waals surface area contributed by atoms with Crippen LogP contribution < -0.4 is 9.47 Å². The fourth-order valence-electron chi connectivity index (χ4n) is 1.15. The van der Waals surface area contributed by atoms with Gasteiger partial charge in [-0.25, -0.2) is 0 Å². The Morgan fingerprint density at radius 1 is 1.33 bits per heavy atom. The summed E-state index contributed by atoms with van der Waals surface area (Å²) in [4.78, 5) is 10.4. The molecule has 0 aromatic heterocycles. The molecule has 1 unspecified atom stereocenters. The summed E-state index contributed by atoms with van der Waals surface area (Å²) in [5.74, 6) is -0.502. The minimum atomic E-state index is -4.03. The maximum absolute atomic E-state index is 12.7. The number of carbonyl (C=O) groups is 1. The lowest BCUT2D eigenvalue weighted by Gasteiger charge is -2.28. The standard InChI is InChI=1S/C9H5F3O3/c10-8-9(11,12)15-7-3-5(4-13)1-2-6(7)14-8/h1-4,8H. The number of carbonyl (C=O) groups excluding carboxylic acids is 1. The van der Waals surface area contributed by atoms with Crippen LogP contribution in [0.5, 0.6) is 11.5 Å². The van der Waals surface area contributed by atoms with Crippen LogP contribution in [0.4, 0.5) is 13.2 Å². The third-order valence-electron chi connectivity index (χ3n) is 1.84. The Morgan fingerprint density at radius 3 is 2.73 bits per heavy atom. The Labute approximate surface area is 82.4 Å². The summed E-state index contributed by atoms with van der Waals surface area (Å²) >= 11 is 0. The van der Waals surface area contributed by atoms with Gasteiger partial charge in [0.05, 0.1) is 0 Å². The molecular weight excluding hydrogens is 213 g/mol. The zero-order chi connectivity index (χ0) is 11.1. The molecule has 0 amide bonds. The van der Waals surface area contributed by atoms with Crippen molar-refractivity contribution in [3.63, 3.8) is 0 Å². The molecule has 0 N–H and O–H groups in total. The van der Waals surface area contributed by atoms with Gasteiger partial charge in [0, 0.05) is 5.56 Å². The van der Waals surface area contributed by atoms with Gasteiger partial charge in [-0.05, 0) is 18.2 Å². The van der Waals surface area contributed by atoms with Crippen molar-refractivity contribution < 1.29 is 27.4 Å². The first-order valence-corrected chi connectivity index (χ1v) is 4.00. The highest BCUT2D eigenvalue weighted by atomic mass is 19.3. The van der Waals surface area contributed by atoms with E-state index in [0.29, 0.717) is 6.29 Å². The maximum Gasteiger partial charge on any atom is 0.468 e. The largest absolute Gasteiger partial charge is 0.468 e. The molecule has 1 atom stereocenters. The third-order valence-corrected chi connectivity index (χ3v) is 1.84. The Bertz CT molecular complexity index is 406. The summed E-state index contributed by atoms with van der Waals surface area (Å²) in [6.07, 6.45) is -6.41. The molecular formula is C9H5F3O3. The molecule has 80 valence electrons. The van der Waals surface area contributed by atoms with E-state index in [0.717, 1.165) is 6.07 Å². The number of hydrogen-bond donors (Lipinski definition) is 0. The zero-order valence-electron chi connectivity index (χ0n) is 7.25. The average Bonchev–Trinajstić information content (AvgIpc) is 2.18. The van der Waals surface area contributed by atoms with E-state index in [2.05, 4.69) is 9.47 Å². The number of aldehydes is 1. The number of rotatable bonds is 1. The maximum atomic E-state index is 12.7. The van der Waals surface area contributed by atoms with Gasteiger partial charge in [0.1, 0.15) is 6.29 Å². The van der Waals surface area contributed by atoms with Gasteiger partial charge in [0.25, 0.3) is 0 Å². The molecule has 0 saturated carbocycles. The van der Waals surface area contributed by atoms with Crippen LogP contribution in [0.3, 0.4) is 0 Å². The summed E-state index contributed by atoms with van der Waals surface area (Å²) in [7, 11) is 0. The van der Waals surface area contributed by atoms with E-state index in [9.17, 15) is 18.0 Å². The van der Waals surface area contributed by atoms with Gasteiger partial charge in [-0.3, -0.25) is 4.79 Å². The van der Waals surface area contributed by atoms with Crippen molar-refractivity contribution in [2.45, 2.75) is 12.5 Å². The van der Waals surface area contributed by atoms with Crippen molar-refractivity contribution >= 4 is 6.29 Å². The number of alkyl halides is 3. The summed E-state index contributed by atoms with van der Waals surface area (Å²) < 4.78 is 46.4. The summed E-state index contributed by atoms with van der Waals surface area (Å²) in [6.45, 7) is 0. The molecule has 0 fully saturated rings. The molecule has 1 aliphatic heterocycles. The van der Waals surface area contributed by atoms with Crippen LogP contribution in [0.2, 0.25) is 0 Å². The topological polar surface area (TPSA) is 35.5 Å². The highest BCUT2D eigenvalue weighted by Gasteiger charge is 2.49. The van der Waals surface area contributed by atoms with E-state index in [1.807, 2.05) is 0 Å². The van der Waals surface area contributed by atoms with Crippen molar-refractivity contribution in [3.8, 4) is 11.5 Å². The summed E-state index contributed by atoms with van der Waals surface area (Å²) in [6, 6.07) is 3.56. The zero-order valence-corrected chi connectivity index (χ0v) is 7.25. The molecule has 1 aromatic carbocycles. The van der Waals surface area contributed by atoms with Gasteiger partial charge in [0.15, 0.2) is 11.5 Å². The van der Waals surface area contributed by atoms with Gasteiger partial charge in [-0.2, -0.15) is 13.2 Å². The highest BCUT2D eigenvalue weighted by molar-refractivity contribution is 5.76. The molecule has 1 aromatic rings. The van der Waals surface area contributed by atoms with Crippen LogP contribution in [0.15, 0.2) is 18.2 Å². The average molecular weight is 218 g/mol. The molecule has 1 aliphatic rings. The molecule has 2 rings (SSSR count). The Balaban J connectivity index is 2.42. The van der Waals surface area contributed by atoms with Crippen molar-refractivity contribution in [1.29, 1.82) is 0 Å². The van der Waals surface area contributed by atoms with Crippen LogP contribution in [0, 0.1) is 0 Å². The first-order chi connectivity index (χ1) is 7.03. The lowest BCUT2D eigenvalue weighted by atomic mass is 10.2. The molecule has 3 nitrogen and oxygen atoms in total. The normalized spacial score (nSPS) is 22.2. The van der Waals surface area contributed by atoms with Crippen LogP contribution in [-0.4, -0.2) is 18.8 Å². The van der Waals surface area contributed by atoms with Crippen LogP contribution in [0.25, 0.3) is 0 Å². The van der Waals surface area contributed by atoms with E-state index in [1.165, 1.54) is 12.1 Å². The number of halogens is 3. The van der Waals surface area contributed by atoms with Crippen molar-refractivity contribution in [2.24, 2.45) is 0 Å². The van der Waals surface area contributed by atoms with Crippen molar-refractivity contribution in [3.05, 3.63) is 23.8 Å². The van der Waals surface area contributed by atoms with E-state index in [-0.39, 0.29) is 17.1 Å². The van der Waals surface area contributed by atoms with Crippen molar-refractivity contribution in [2.75, 3.05) is 0 Å². The monoisotopic (exact) mass is 218 g/mol. The fraction of sp³-hybridized carbons (Fsp3) is 0.222. The van der Waals surface area contributed by atoms with Crippen LogP contribution in [0.1, 0.15) is 10.4 Å². The Hall–Kier alpha value is -1.72. The molecule has 0 radical (unpaired) electrons. The summed E-state index contributed by atoms with van der Waals surface area (Å²) in [5, 5.41) is 0. The first kappa shape index (κ1) is 9.82. The van der Waals surface area contributed by atoms with Gasteiger partial charge in [0.2, 0.25) is 0 Å². The van der Waals surface area contributed by atoms with E-state index >= 15 is 0 Å². The smallest absolute Gasteiger partial charge is 0.447 e. The van der Waals surface area contributed by atoms with Gasteiger partial charge >= 0.3 is 12.5 Å². The van der Waals surface area contributed by atoms with Gasteiger partial charge < -0.3 is 9.47 Å².